The SMILES string of the molecule is CCOC(=O)CC1=CN2N=CN(c3ccccc3)C2S1. The summed E-state index contributed by atoms with van der Waals surface area (Å²) in [5.41, 5.74) is 1.14. The van der Waals surface area contributed by atoms with Gasteiger partial charge in [0.15, 0.2) is 5.50 Å². The molecule has 2 aliphatic heterocycles. The lowest BCUT2D eigenvalue weighted by molar-refractivity contribution is -0.142. The fourth-order valence-electron chi connectivity index (χ4n) is 2.11. The average Bonchev–Trinajstić information content (AvgIpc) is 2.99. The number of fused-ring (bicyclic) bond motifs is 1. The van der Waals surface area contributed by atoms with Crippen LogP contribution in [0.2, 0.25) is 0 Å². The van der Waals surface area contributed by atoms with Crippen LogP contribution in [0.4, 0.5) is 5.69 Å². The van der Waals surface area contributed by atoms with Crippen LogP contribution in [0.1, 0.15) is 13.3 Å². The van der Waals surface area contributed by atoms with Gasteiger partial charge in [0.2, 0.25) is 0 Å². The molecule has 0 fully saturated rings. The largest absolute Gasteiger partial charge is 0.466 e. The zero-order valence-electron chi connectivity index (χ0n) is 11.1. The van der Waals surface area contributed by atoms with Crippen LogP contribution in [0, 0.1) is 0 Å². The highest BCUT2D eigenvalue weighted by molar-refractivity contribution is 8.04. The van der Waals surface area contributed by atoms with Crippen molar-refractivity contribution in [1.29, 1.82) is 0 Å². The van der Waals surface area contributed by atoms with Crippen LogP contribution in [-0.2, 0) is 9.53 Å². The number of para-hydroxylation sites is 1. The van der Waals surface area contributed by atoms with E-state index in [1.54, 1.807) is 11.8 Å². The van der Waals surface area contributed by atoms with E-state index in [0.717, 1.165) is 10.6 Å². The summed E-state index contributed by atoms with van der Waals surface area (Å²) in [5.74, 6) is -0.192. The van der Waals surface area contributed by atoms with Crippen molar-refractivity contribution in [3.63, 3.8) is 0 Å². The first-order valence-corrected chi connectivity index (χ1v) is 7.34. The van der Waals surface area contributed by atoms with Crippen molar-refractivity contribution in [1.82, 2.24) is 5.01 Å². The third-order valence-electron chi connectivity index (χ3n) is 2.98. The molecule has 0 aromatic heterocycles. The summed E-state index contributed by atoms with van der Waals surface area (Å²) in [7, 11) is 0. The minimum Gasteiger partial charge on any atom is -0.466 e. The van der Waals surface area contributed by atoms with E-state index in [-0.39, 0.29) is 11.5 Å². The number of carbonyl (C=O) groups excluding carboxylic acids is 1. The van der Waals surface area contributed by atoms with Crippen LogP contribution >= 0.6 is 11.8 Å². The standard InChI is InChI=1S/C14H15N3O2S/c1-2-19-13(18)8-12-9-17-14(20-12)16(10-15-17)11-6-4-3-5-7-11/h3-7,9-10,14H,2,8H2,1H3. The van der Waals surface area contributed by atoms with Gasteiger partial charge >= 0.3 is 5.97 Å². The first kappa shape index (κ1) is 13.1. The lowest BCUT2D eigenvalue weighted by Crippen LogP contribution is -2.32. The number of anilines is 1. The molecule has 1 atom stereocenters. The van der Waals surface area contributed by atoms with Crippen LogP contribution in [0.15, 0.2) is 46.5 Å². The van der Waals surface area contributed by atoms with Crippen LogP contribution < -0.4 is 4.90 Å². The Morgan fingerprint density at radius 1 is 1.40 bits per heavy atom. The number of ether oxygens (including phenoxy) is 1. The van der Waals surface area contributed by atoms with Crippen LogP contribution in [0.5, 0.6) is 0 Å². The molecule has 6 heteroatoms. The van der Waals surface area contributed by atoms with Crippen LogP contribution in [0.3, 0.4) is 0 Å². The Labute approximate surface area is 121 Å². The Kier molecular flexibility index (Phi) is 3.64. The third-order valence-corrected chi connectivity index (χ3v) is 4.19. The molecule has 1 aromatic carbocycles. The van der Waals surface area contributed by atoms with Gasteiger partial charge in [-0.1, -0.05) is 30.0 Å². The predicted octanol–water partition coefficient (Wildman–Crippen LogP) is 2.58. The number of rotatable bonds is 4. The molecule has 2 heterocycles. The molecule has 0 amide bonds. The van der Waals surface area contributed by atoms with E-state index in [4.69, 9.17) is 4.74 Å². The number of nitrogens with zero attached hydrogens (tertiary/aromatic N) is 3. The van der Waals surface area contributed by atoms with Crippen molar-refractivity contribution < 1.29 is 9.53 Å². The Bertz CT molecular complexity index is 559. The smallest absolute Gasteiger partial charge is 0.310 e. The highest BCUT2D eigenvalue weighted by Crippen LogP contribution is 2.40. The molecule has 5 nitrogen and oxygen atoms in total. The van der Waals surface area contributed by atoms with E-state index in [0.29, 0.717) is 13.0 Å². The maximum atomic E-state index is 11.5. The highest BCUT2D eigenvalue weighted by Gasteiger charge is 2.35. The summed E-state index contributed by atoms with van der Waals surface area (Å²) in [6.07, 6.45) is 4.03. The van der Waals surface area contributed by atoms with Crippen molar-refractivity contribution in [2.75, 3.05) is 11.5 Å². The molecule has 20 heavy (non-hydrogen) atoms. The van der Waals surface area contributed by atoms with Gasteiger partial charge in [-0.15, -0.1) is 0 Å². The lowest BCUT2D eigenvalue weighted by atomic mass is 10.3. The second kappa shape index (κ2) is 5.58. The van der Waals surface area contributed by atoms with E-state index in [1.165, 1.54) is 0 Å². The number of thioether (sulfide) groups is 1. The predicted molar refractivity (Wildman–Crippen MR) is 80.0 cm³/mol. The molecule has 0 aliphatic carbocycles. The van der Waals surface area contributed by atoms with Gasteiger partial charge in [0.05, 0.1) is 13.0 Å². The van der Waals surface area contributed by atoms with Gasteiger partial charge < -0.3 is 4.74 Å². The number of carbonyl (C=O) groups is 1. The first-order valence-electron chi connectivity index (χ1n) is 6.46. The van der Waals surface area contributed by atoms with Gasteiger partial charge in [-0.3, -0.25) is 9.69 Å². The molecule has 0 saturated heterocycles. The zero-order valence-corrected chi connectivity index (χ0v) is 11.9. The summed E-state index contributed by atoms with van der Waals surface area (Å²) in [4.78, 5) is 14.6. The molecule has 2 aliphatic rings. The molecule has 0 spiro atoms. The monoisotopic (exact) mass is 289 g/mol. The van der Waals surface area contributed by atoms with Gasteiger partial charge in [0.1, 0.15) is 6.34 Å². The van der Waals surface area contributed by atoms with Crippen molar-refractivity contribution in [3.8, 4) is 0 Å². The van der Waals surface area contributed by atoms with Crippen molar-refractivity contribution in [3.05, 3.63) is 41.4 Å². The van der Waals surface area contributed by atoms with Gasteiger partial charge in [0, 0.05) is 16.8 Å². The molecule has 1 aromatic rings. The van der Waals surface area contributed by atoms with Crippen molar-refractivity contribution >= 4 is 29.8 Å². The number of hydrazone groups is 1. The molecule has 0 N–H and O–H groups in total. The highest BCUT2D eigenvalue weighted by atomic mass is 32.2. The summed E-state index contributed by atoms with van der Waals surface area (Å²) in [6.45, 7) is 2.23. The Morgan fingerprint density at radius 2 is 2.20 bits per heavy atom. The van der Waals surface area contributed by atoms with Crippen LogP contribution in [0.25, 0.3) is 0 Å². The molecular weight excluding hydrogens is 274 g/mol. The third kappa shape index (κ3) is 2.51. The van der Waals surface area contributed by atoms with Gasteiger partial charge in [-0.25, -0.2) is 5.01 Å². The van der Waals surface area contributed by atoms with Gasteiger partial charge in [-0.2, -0.15) is 5.10 Å². The molecule has 0 saturated carbocycles. The van der Waals surface area contributed by atoms with Crippen LogP contribution in [-0.4, -0.2) is 29.4 Å². The molecular formula is C14H15N3O2S. The molecule has 0 bridgehead atoms. The second-order valence-electron chi connectivity index (χ2n) is 4.38. The van der Waals surface area contributed by atoms with E-state index < -0.39 is 0 Å². The van der Waals surface area contributed by atoms with E-state index >= 15 is 0 Å². The van der Waals surface area contributed by atoms with Crippen molar-refractivity contribution in [2.45, 2.75) is 18.8 Å². The number of esters is 1. The Balaban J connectivity index is 1.68. The second-order valence-corrected chi connectivity index (χ2v) is 5.56. The quantitative estimate of drug-likeness (QED) is 0.797. The molecule has 3 rings (SSSR count). The van der Waals surface area contributed by atoms with E-state index in [1.807, 2.05) is 54.8 Å². The van der Waals surface area contributed by atoms with E-state index in [9.17, 15) is 4.79 Å². The van der Waals surface area contributed by atoms with E-state index in [2.05, 4.69) is 10.0 Å². The minimum absolute atomic E-state index is 0.0572. The number of benzene rings is 1. The normalized spacial score (nSPS) is 20.1. The van der Waals surface area contributed by atoms with Gasteiger partial charge in [-0.05, 0) is 19.1 Å². The minimum atomic E-state index is -0.192. The fourth-order valence-corrected chi connectivity index (χ4v) is 3.27. The number of hydrogen-bond acceptors (Lipinski definition) is 6. The summed E-state index contributed by atoms with van der Waals surface area (Å²) < 4.78 is 4.97. The number of hydrogen-bond donors (Lipinski definition) is 0. The Hall–Kier alpha value is -1.95. The average molecular weight is 289 g/mol. The lowest BCUT2D eigenvalue weighted by Gasteiger charge is -2.23. The summed E-state index contributed by atoms with van der Waals surface area (Å²) in [5, 5.41) is 6.21. The molecule has 1 unspecified atom stereocenters. The van der Waals surface area contributed by atoms with Gasteiger partial charge in [0.25, 0.3) is 0 Å². The summed E-state index contributed by atoms with van der Waals surface area (Å²) in [6, 6.07) is 10.1. The topological polar surface area (TPSA) is 45.1 Å². The van der Waals surface area contributed by atoms with Crippen molar-refractivity contribution in [2.24, 2.45) is 5.10 Å². The zero-order chi connectivity index (χ0) is 13.9. The maximum absolute atomic E-state index is 11.5. The summed E-state index contributed by atoms with van der Waals surface area (Å²) >= 11 is 1.63. The molecule has 104 valence electrons. The fraction of sp³-hybridized carbons (Fsp3) is 0.286. The Morgan fingerprint density at radius 3 is 2.95 bits per heavy atom. The molecule has 0 radical (unpaired) electrons. The maximum Gasteiger partial charge on any atom is 0.310 e. The first-order chi connectivity index (χ1) is 9.78.